The number of benzene rings is 1. The van der Waals surface area contributed by atoms with E-state index in [1.807, 2.05) is 39.0 Å². The summed E-state index contributed by atoms with van der Waals surface area (Å²) >= 11 is 0. The smallest absolute Gasteiger partial charge is 0.330 e. The van der Waals surface area contributed by atoms with E-state index in [9.17, 15) is 14.4 Å². The number of nitrogens with one attached hydrogen (secondary N) is 1. The first-order valence-electron chi connectivity index (χ1n) is 10.6. The van der Waals surface area contributed by atoms with E-state index < -0.39 is 11.2 Å². The van der Waals surface area contributed by atoms with Crippen LogP contribution in [-0.2, 0) is 17.8 Å². The summed E-state index contributed by atoms with van der Waals surface area (Å²) in [4.78, 5) is 41.8. The lowest BCUT2D eigenvalue weighted by atomic mass is 10.1. The molecule has 2 aromatic rings. The number of amides is 1. The number of aromatic amines is 1. The average molecular weight is 431 g/mol. The van der Waals surface area contributed by atoms with Crippen LogP contribution < -0.4 is 31.4 Å². The molecule has 1 aromatic carbocycles. The van der Waals surface area contributed by atoms with Gasteiger partial charge in [0.15, 0.2) is 17.2 Å². The van der Waals surface area contributed by atoms with Crippen LogP contribution in [0.25, 0.3) is 0 Å². The van der Waals surface area contributed by atoms with Gasteiger partial charge in [0.05, 0.1) is 0 Å². The summed E-state index contributed by atoms with van der Waals surface area (Å²) in [6.07, 6.45) is 2.21. The summed E-state index contributed by atoms with van der Waals surface area (Å²) in [6, 6.07) is 5.57. The molecule has 31 heavy (non-hydrogen) atoms. The van der Waals surface area contributed by atoms with Gasteiger partial charge in [0.2, 0.25) is 12.7 Å². The third-order valence-corrected chi connectivity index (χ3v) is 5.13. The molecule has 0 saturated carbocycles. The molecule has 168 valence electrons. The molecule has 3 rings (SSSR count). The third kappa shape index (κ3) is 5.10. The Morgan fingerprint density at radius 1 is 1.26 bits per heavy atom. The highest BCUT2D eigenvalue weighted by molar-refractivity contribution is 5.95. The Balaban J connectivity index is 1.86. The van der Waals surface area contributed by atoms with Gasteiger partial charge >= 0.3 is 5.69 Å². The summed E-state index contributed by atoms with van der Waals surface area (Å²) in [5, 5.41) is 0. The van der Waals surface area contributed by atoms with Crippen LogP contribution in [0.4, 0.5) is 11.5 Å². The number of aryl methyl sites for hydroxylation is 1. The van der Waals surface area contributed by atoms with Crippen molar-refractivity contribution in [2.24, 2.45) is 5.92 Å². The van der Waals surface area contributed by atoms with Crippen LogP contribution in [0.5, 0.6) is 11.5 Å². The number of carbonyl (C=O) groups excluding carboxylic acids is 1. The fraction of sp³-hybridized carbons (Fsp3) is 0.500. The summed E-state index contributed by atoms with van der Waals surface area (Å²) in [7, 11) is 0. The summed E-state index contributed by atoms with van der Waals surface area (Å²) < 4.78 is 12.0. The molecular weight excluding hydrogens is 400 g/mol. The number of H-pyrrole nitrogens is 1. The quantitative estimate of drug-likeness (QED) is 0.630. The molecule has 0 spiro atoms. The van der Waals surface area contributed by atoms with Crippen LogP contribution >= 0.6 is 0 Å². The highest BCUT2D eigenvalue weighted by atomic mass is 16.7. The number of hydrogen-bond donors (Lipinski definition) is 2. The monoisotopic (exact) mass is 430 g/mol. The Bertz CT molecular complexity index is 1060. The van der Waals surface area contributed by atoms with E-state index in [0.29, 0.717) is 37.4 Å². The van der Waals surface area contributed by atoms with Gasteiger partial charge in [-0.1, -0.05) is 33.3 Å². The Morgan fingerprint density at radius 3 is 2.71 bits per heavy atom. The third-order valence-electron chi connectivity index (χ3n) is 5.13. The molecular formula is C22H30N4O5. The van der Waals surface area contributed by atoms with Gasteiger partial charge < -0.3 is 20.1 Å². The van der Waals surface area contributed by atoms with Crippen molar-refractivity contribution in [3.63, 3.8) is 0 Å². The minimum absolute atomic E-state index is 0.0231. The molecule has 9 heteroatoms. The van der Waals surface area contributed by atoms with Gasteiger partial charge in [-0.05, 0) is 36.5 Å². The van der Waals surface area contributed by atoms with E-state index in [1.165, 1.54) is 9.47 Å². The highest BCUT2D eigenvalue weighted by Gasteiger charge is 2.24. The number of unbranched alkanes of at least 4 members (excludes halogenated alkanes) is 1. The number of hydrogen-bond acceptors (Lipinski definition) is 6. The molecule has 0 fully saturated rings. The zero-order valence-corrected chi connectivity index (χ0v) is 18.3. The predicted octanol–water partition coefficient (Wildman–Crippen LogP) is 2.27. The molecule has 0 unspecified atom stereocenters. The minimum Gasteiger partial charge on any atom is -0.454 e. The van der Waals surface area contributed by atoms with Crippen molar-refractivity contribution in [3.8, 4) is 11.5 Å². The fourth-order valence-electron chi connectivity index (χ4n) is 3.54. The molecule has 1 aliphatic heterocycles. The maximum Gasteiger partial charge on any atom is 0.330 e. The summed E-state index contributed by atoms with van der Waals surface area (Å²) in [6.45, 7) is 6.79. The standard InChI is InChI=1S/C22H30N4O5/c1-4-5-10-25(19-20(23)26(12-14(2)3)22(29)24-21(19)28)18(27)9-7-15-6-8-16-17(11-15)31-13-30-16/h6,8,11,14H,4-5,7,9-10,12-13,23H2,1-3H3,(H,24,28,29). The number of rotatable bonds is 9. The van der Waals surface area contributed by atoms with Gasteiger partial charge in [0.1, 0.15) is 5.82 Å². The number of aromatic nitrogens is 2. The number of fused-ring (bicyclic) bond motifs is 1. The lowest BCUT2D eigenvalue weighted by Gasteiger charge is -2.25. The number of ether oxygens (including phenoxy) is 2. The van der Waals surface area contributed by atoms with E-state index >= 15 is 0 Å². The van der Waals surface area contributed by atoms with Crippen LogP contribution in [0.3, 0.4) is 0 Å². The topological polar surface area (TPSA) is 120 Å². The van der Waals surface area contributed by atoms with Crippen molar-refractivity contribution in [3.05, 3.63) is 44.6 Å². The second kappa shape index (κ2) is 9.72. The zero-order chi connectivity index (χ0) is 22.5. The van der Waals surface area contributed by atoms with Crippen molar-refractivity contribution in [2.45, 2.75) is 53.0 Å². The minimum atomic E-state index is -0.643. The largest absolute Gasteiger partial charge is 0.454 e. The van der Waals surface area contributed by atoms with E-state index in [1.54, 1.807) is 0 Å². The van der Waals surface area contributed by atoms with Crippen molar-refractivity contribution in [2.75, 3.05) is 24.0 Å². The average Bonchev–Trinajstić information content (AvgIpc) is 3.19. The fourth-order valence-corrected chi connectivity index (χ4v) is 3.54. The van der Waals surface area contributed by atoms with E-state index in [-0.39, 0.29) is 36.5 Å². The van der Waals surface area contributed by atoms with Crippen molar-refractivity contribution >= 4 is 17.4 Å². The second-order valence-electron chi connectivity index (χ2n) is 8.08. The van der Waals surface area contributed by atoms with Crippen LogP contribution in [-0.4, -0.2) is 28.8 Å². The number of anilines is 2. The van der Waals surface area contributed by atoms with Crippen LogP contribution in [0.15, 0.2) is 27.8 Å². The number of carbonyl (C=O) groups is 1. The Morgan fingerprint density at radius 2 is 2.00 bits per heavy atom. The molecule has 0 atom stereocenters. The molecule has 9 nitrogen and oxygen atoms in total. The van der Waals surface area contributed by atoms with Crippen LogP contribution in [0.2, 0.25) is 0 Å². The Labute approximate surface area is 180 Å². The Hall–Kier alpha value is -3.23. The van der Waals surface area contributed by atoms with E-state index in [4.69, 9.17) is 15.2 Å². The molecule has 1 amide bonds. The molecule has 1 aliphatic rings. The first-order chi connectivity index (χ1) is 14.8. The van der Waals surface area contributed by atoms with Gasteiger partial charge in [0.25, 0.3) is 5.56 Å². The summed E-state index contributed by atoms with van der Waals surface area (Å²) in [5.41, 5.74) is 6.00. The van der Waals surface area contributed by atoms with Gasteiger partial charge in [-0.15, -0.1) is 0 Å². The molecule has 0 bridgehead atoms. The molecule has 2 heterocycles. The van der Waals surface area contributed by atoms with E-state index in [0.717, 1.165) is 12.0 Å². The zero-order valence-electron chi connectivity index (χ0n) is 18.3. The predicted molar refractivity (Wildman–Crippen MR) is 119 cm³/mol. The Kier molecular flexibility index (Phi) is 7.04. The molecule has 0 radical (unpaired) electrons. The van der Waals surface area contributed by atoms with Gasteiger partial charge in [0, 0.05) is 19.5 Å². The van der Waals surface area contributed by atoms with E-state index in [2.05, 4.69) is 4.98 Å². The van der Waals surface area contributed by atoms with Crippen LogP contribution in [0.1, 0.15) is 45.6 Å². The molecule has 0 saturated heterocycles. The number of nitrogen functional groups attached to an aromatic ring is 1. The van der Waals surface area contributed by atoms with Crippen molar-refractivity contribution in [1.82, 2.24) is 9.55 Å². The maximum absolute atomic E-state index is 13.2. The van der Waals surface area contributed by atoms with Gasteiger partial charge in [-0.2, -0.15) is 0 Å². The first-order valence-corrected chi connectivity index (χ1v) is 10.6. The van der Waals surface area contributed by atoms with Crippen molar-refractivity contribution < 1.29 is 14.3 Å². The number of nitrogens with zero attached hydrogens (tertiary/aromatic N) is 2. The van der Waals surface area contributed by atoms with Crippen LogP contribution in [0, 0.1) is 5.92 Å². The van der Waals surface area contributed by atoms with Gasteiger partial charge in [-0.25, -0.2) is 4.79 Å². The maximum atomic E-state index is 13.2. The lowest BCUT2D eigenvalue weighted by molar-refractivity contribution is -0.118. The molecule has 1 aromatic heterocycles. The van der Waals surface area contributed by atoms with Gasteiger partial charge in [-0.3, -0.25) is 19.1 Å². The highest BCUT2D eigenvalue weighted by Crippen LogP contribution is 2.33. The molecule has 3 N–H and O–H groups in total. The lowest BCUT2D eigenvalue weighted by Crippen LogP contribution is -2.42. The molecule has 0 aliphatic carbocycles. The first kappa shape index (κ1) is 22.5. The van der Waals surface area contributed by atoms with Crippen molar-refractivity contribution in [1.29, 1.82) is 0 Å². The normalized spacial score (nSPS) is 12.4. The summed E-state index contributed by atoms with van der Waals surface area (Å²) in [5.74, 6) is 1.29. The number of nitrogens with two attached hydrogens (primary N) is 1. The second-order valence-corrected chi connectivity index (χ2v) is 8.08. The SMILES string of the molecule is CCCCN(C(=O)CCc1ccc2c(c1)OCO2)c1c(N)n(CC(C)C)c(=O)[nH]c1=O.